The zero-order chi connectivity index (χ0) is 22.8. The van der Waals surface area contributed by atoms with Crippen LogP contribution in [-0.4, -0.2) is 27.0 Å². The number of aromatic nitrogens is 4. The number of halogens is 2. The first-order valence-electron chi connectivity index (χ1n) is 9.99. The molecule has 0 saturated heterocycles. The third-order valence-corrected chi connectivity index (χ3v) is 5.06. The van der Waals surface area contributed by atoms with E-state index < -0.39 is 11.6 Å². The molecule has 0 radical (unpaired) electrons. The van der Waals surface area contributed by atoms with Crippen molar-refractivity contribution in [1.82, 2.24) is 19.9 Å². The Morgan fingerprint density at radius 2 is 1.91 bits per heavy atom. The van der Waals surface area contributed by atoms with Gasteiger partial charge in [0.1, 0.15) is 34.5 Å². The average molecular weight is 445 g/mol. The number of hydrogen-bond donors (Lipinski definition) is 1. The molecular formula is C24H17F2N5O2. The Balaban J connectivity index is 1.71. The van der Waals surface area contributed by atoms with E-state index in [1.807, 2.05) is 6.07 Å². The lowest BCUT2D eigenvalue weighted by molar-refractivity contribution is 0.419. The van der Waals surface area contributed by atoms with Crippen LogP contribution in [0.5, 0.6) is 5.75 Å². The van der Waals surface area contributed by atoms with Crippen LogP contribution in [-0.2, 0) is 6.54 Å². The Hall–Kier alpha value is -4.40. The van der Waals surface area contributed by atoms with Gasteiger partial charge >= 0.3 is 0 Å². The Morgan fingerprint density at radius 1 is 1.00 bits per heavy atom. The topological polar surface area (TPSA) is 86.0 Å². The maximum Gasteiger partial charge on any atom is 0.180 e. The summed E-state index contributed by atoms with van der Waals surface area (Å²) in [5.74, 6) is 0.620. The van der Waals surface area contributed by atoms with Crippen molar-refractivity contribution < 1.29 is 17.9 Å². The number of benzene rings is 2. The molecule has 0 amide bonds. The molecule has 3 heterocycles. The van der Waals surface area contributed by atoms with Crippen molar-refractivity contribution >= 4 is 16.7 Å². The van der Waals surface area contributed by atoms with Gasteiger partial charge < -0.3 is 14.5 Å². The molecule has 0 spiro atoms. The zero-order valence-corrected chi connectivity index (χ0v) is 17.4. The molecule has 0 aliphatic rings. The number of ether oxygens (including phenoxy) is 1. The molecular weight excluding hydrogens is 428 g/mol. The molecule has 1 N–H and O–H groups in total. The maximum absolute atomic E-state index is 14.5. The van der Waals surface area contributed by atoms with Crippen LogP contribution in [0.4, 0.5) is 14.6 Å². The van der Waals surface area contributed by atoms with Gasteiger partial charge in [-0.2, -0.15) is 0 Å². The molecule has 3 aromatic heterocycles. The minimum absolute atomic E-state index is 0.231. The maximum atomic E-state index is 14.5. The number of fused-ring (bicyclic) bond motifs is 1. The van der Waals surface area contributed by atoms with E-state index in [4.69, 9.17) is 9.15 Å². The number of methoxy groups -OCH3 is 1. The summed E-state index contributed by atoms with van der Waals surface area (Å²) in [6.07, 6.45) is 6.26. The van der Waals surface area contributed by atoms with Gasteiger partial charge in [-0.3, -0.25) is 4.98 Å². The van der Waals surface area contributed by atoms with Gasteiger partial charge in [0.05, 0.1) is 19.9 Å². The molecule has 0 saturated carbocycles. The van der Waals surface area contributed by atoms with Crippen LogP contribution >= 0.6 is 0 Å². The second kappa shape index (κ2) is 8.62. The molecule has 9 heteroatoms. The summed E-state index contributed by atoms with van der Waals surface area (Å²) >= 11 is 0. The van der Waals surface area contributed by atoms with Gasteiger partial charge in [-0.15, -0.1) is 0 Å². The minimum atomic E-state index is -0.680. The van der Waals surface area contributed by atoms with Crippen molar-refractivity contribution in [2.24, 2.45) is 0 Å². The normalized spacial score (nSPS) is 11.0. The molecule has 2 aromatic carbocycles. The lowest BCUT2D eigenvalue weighted by Gasteiger charge is -2.14. The van der Waals surface area contributed by atoms with Crippen LogP contribution < -0.4 is 10.1 Å². The number of anilines is 1. The molecule has 0 unspecified atom stereocenters. The number of pyridine rings is 1. The Labute approximate surface area is 187 Å². The molecule has 33 heavy (non-hydrogen) atoms. The molecule has 164 valence electrons. The van der Waals surface area contributed by atoms with E-state index in [-0.39, 0.29) is 5.56 Å². The average Bonchev–Trinajstić information content (AvgIpc) is 3.36. The predicted molar refractivity (Wildman–Crippen MR) is 119 cm³/mol. The van der Waals surface area contributed by atoms with Gasteiger partial charge in [0, 0.05) is 35.0 Å². The van der Waals surface area contributed by atoms with Crippen molar-refractivity contribution in [1.29, 1.82) is 0 Å². The van der Waals surface area contributed by atoms with Crippen molar-refractivity contribution in [3.63, 3.8) is 0 Å². The summed E-state index contributed by atoms with van der Waals surface area (Å²) in [6.45, 7) is 0.316. The van der Waals surface area contributed by atoms with Crippen LogP contribution in [0, 0.1) is 11.6 Å². The molecule has 0 bridgehead atoms. The van der Waals surface area contributed by atoms with Gasteiger partial charge in [0.25, 0.3) is 0 Å². The fourth-order valence-electron chi connectivity index (χ4n) is 3.49. The molecule has 0 aliphatic carbocycles. The fraction of sp³-hybridized carbons (Fsp3) is 0.0833. The zero-order valence-electron chi connectivity index (χ0n) is 17.4. The van der Waals surface area contributed by atoms with Gasteiger partial charge in [-0.05, 0) is 42.0 Å². The Bertz CT molecular complexity index is 1430. The van der Waals surface area contributed by atoms with E-state index in [1.165, 1.54) is 25.6 Å². The van der Waals surface area contributed by atoms with E-state index in [9.17, 15) is 8.78 Å². The van der Waals surface area contributed by atoms with Crippen molar-refractivity contribution in [2.45, 2.75) is 6.54 Å². The Kier molecular flexibility index (Phi) is 5.35. The second-order valence-corrected chi connectivity index (χ2v) is 7.16. The number of oxazole rings is 1. The van der Waals surface area contributed by atoms with Crippen LogP contribution in [0.25, 0.3) is 33.4 Å². The molecule has 7 nitrogen and oxygen atoms in total. The van der Waals surface area contributed by atoms with Gasteiger partial charge in [0.15, 0.2) is 12.2 Å². The van der Waals surface area contributed by atoms with Gasteiger partial charge in [0.2, 0.25) is 0 Å². The SMILES string of the molecule is COc1cc(-c2ccc(F)cc2F)cc2c(NCc3cnco3)nc(-c3cccnc3)nc12. The van der Waals surface area contributed by atoms with E-state index in [0.29, 0.717) is 46.2 Å². The molecule has 5 aromatic rings. The summed E-state index contributed by atoms with van der Waals surface area (Å²) in [7, 11) is 1.51. The fourth-order valence-corrected chi connectivity index (χ4v) is 3.49. The van der Waals surface area contributed by atoms with Gasteiger partial charge in [-0.1, -0.05) is 0 Å². The summed E-state index contributed by atoms with van der Waals surface area (Å²) in [5.41, 5.74) is 1.97. The van der Waals surface area contributed by atoms with Crippen molar-refractivity contribution in [3.8, 4) is 28.3 Å². The monoisotopic (exact) mass is 445 g/mol. The quantitative estimate of drug-likeness (QED) is 0.382. The highest BCUT2D eigenvalue weighted by atomic mass is 19.1. The molecule has 5 rings (SSSR count). The van der Waals surface area contributed by atoms with E-state index >= 15 is 0 Å². The highest BCUT2D eigenvalue weighted by Gasteiger charge is 2.17. The summed E-state index contributed by atoms with van der Waals surface area (Å²) in [6, 6.07) is 10.5. The smallest absolute Gasteiger partial charge is 0.180 e. The van der Waals surface area contributed by atoms with Crippen molar-refractivity contribution in [3.05, 3.63) is 84.8 Å². The lowest BCUT2D eigenvalue weighted by atomic mass is 10.0. The number of hydrogen-bond acceptors (Lipinski definition) is 7. The minimum Gasteiger partial charge on any atom is -0.494 e. The third-order valence-electron chi connectivity index (χ3n) is 5.06. The second-order valence-electron chi connectivity index (χ2n) is 7.16. The van der Waals surface area contributed by atoms with Crippen LogP contribution in [0.15, 0.2) is 71.9 Å². The summed E-state index contributed by atoms with van der Waals surface area (Å²) in [4.78, 5) is 17.4. The van der Waals surface area contributed by atoms with Crippen LogP contribution in [0.3, 0.4) is 0 Å². The number of nitrogens with one attached hydrogen (secondary N) is 1. The van der Waals surface area contributed by atoms with E-state index in [2.05, 4.69) is 25.3 Å². The largest absolute Gasteiger partial charge is 0.494 e. The van der Waals surface area contributed by atoms with Gasteiger partial charge in [-0.25, -0.2) is 23.7 Å². The first kappa shape index (κ1) is 20.5. The van der Waals surface area contributed by atoms with Crippen LogP contribution in [0.2, 0.25) is 0 Å². The predicted octanol–water partition coefficient (Wildman–Crippen LogP) is 5.25. The highest BCUT2D eigenvalue weighted by molar-refractivity contribution is 5.97. The third kappa shape index (κ3) is 4.08. The van der Waals surface area contributed by atoms with Crippen LogP contribution in [0.1, 0.15) is 5.76 Å². The van der Waals surface area contributed by atoms with Crippen molar-refractivity contribution in [2.75, 3.05) is 12.4 Å². The summed E-state index contributed by atoms with van der Waals surface area (Å²) in [5, 5.41) is 3.84. The molecule has 0 fully saturated rings. The first-order chi connectivity index (χ1) is 16.1. The van der Waals surface area contributed by atoms with E-state index in [0.717, 1.165) is 11.6 Å². The molecule has 0 aliphatic heterocycles. The standard InChI is InChI=1S/C24H17F2N5O2/c1-32-21-8-15(18-5-4-16(25)9-20(18)26)7-19-22(21)30-23(14-3-2-6-27-10-14)31-24(19)29-12-17-11-28-13-33-17/h2-11,13H,12H2,1H3,(H,29,30,31). The van der Waals surface area contributed by atoms with E-state index in [1.54, 1.807) is 36.8 Å². The number of nitrogens with zero attached hydrogens (tertiary/aromatic N) is 4. The first-order valence-corrected chi connectivity index (χ1v) is 9.99. The Morgan fingerprint density at radius 3 is 2.64 bits per heavy atom. The highest BCUT2D eigenvalue weighted by Crippen LogP contribution is 2.36. The molecule has 0 atom stereocenters. The summed E-state index contributed by atoms with van der Waals surface area (Å²) < 4.78 is 38.9. The number of rotatable bonds is 6. The lowest BCUT2D eigenvalue weighted by Crippen LogP contribution is -2.05.